The minimum atomic E-state index is 0. The third kappa shape index (κ3) is 2.56. The summed E-state index contributed by atoms with van der Waals surface area (Å²) in [5.41, 5.74) is 6.94. The number of hydrogen-bond acceptors (Lipinski definition) is 1. The molecule has 4 aromatic carbocycles. The van der Waals surface area contributed by atoms with E-state index in [0.29, 0.717) is 5.96 Å². The van der Waals surface area contributed by atoms with E-state index in [0.717, 1.165) is 16.8 Å². The van der Waals surface area contributed by atoms with Gasteiger partial charge in [0.1, 0.15) is 0 Å². The minimum absolute atomic E-state index is 0. The summed E-state index contributed by atoms with van der Waals surface area (Å²) in [4.78, 5) is 1.92. The minimum Gasteiger partial charge on any atom is -0.326 e. The summed E-state index contributed by atoms with van der Waals surface area (Å²) in [5.74, 6) is 0.350. The van der Waals surface area contributed by atoms with Crippen LogP contribution in [0.5, 0.6) is 0 Å². The molecule has 4 aromatic rings. The number of nitrogens with zero attached hydrogens (tertiary/aromatic N) is 1. The number of nitrogens with one attached hydrogen (secondary N) is 2. The molecule has 0 heterocycles. The Kier molecular flexibility index (Phi) is 4.16. The Labute approximate surface area is 181 Å². The smallest absolute Gasteiger partial charge is 0.199 e. The number of benzene rings is 4. The lowest BCUT2D eigenvalue weighted by atomic mass is 10.0. The van der Waals surface area contributed by atoms with Gasteiger partial charge in [0, 0.05) is 23.5 Å². The largest absolute Gasteiger partial charge is 0.326 e. The maximum atomic E-state index is 8.75. The Hall–Kier alpha value is -3.56. The summed E-state index contributed by atoms with van der Waals surface area (Å²) < 4.78 is 0. The fourth-order valence-corrected chi connectivity index (χ4v) is 4.56. The molecule has 0 fully saturated rings. The number of rotatable bonds is 2. The topological polar surface area (TPSA) is 39.1 Å². The summed E-state index contributed by atoms with van der Waals surface area (Å²) in [6.45, 7) is 0. The molecule has 0 spiro atoms. The van der Waals surface area contributed by atoms with Crippen LogP contribution in [0.3, 0.4) is 0 Å². The van der Waals surface area contributed by atoms with E-state index in [4.69, 9.17) is 5.41 Å². The van der Waals surface area contributed by atoms with Gasteiger partial charge in [0.15, 0.2) is 5.96 Å². The number of anilines is 2. The van der Waals surface area contributed by atoms with Gasteiger partial charge in [0.2, 0.25) is 0 Å². The predicted molar refractivity (Wildman–Crippen MR) is 133 cm³/mol. The van der Waals surface area contributed by atoms with Gasteiger partial charge < -0.3 is 10.2 Å². The van der Waals surface area contributed by atoms with Crippen molar-refractivity contribution in [3.63, 3.8) is 0 Å². The van der Waals surface area contributed by atoms with Crippen molar-refractivity contribution in [1.29, 1.82) is 5.41 Å². The fraction of sp³-hybridized carbons (Fsp3) is 0.0385. The molecular formula is C26H20ClN3. The normalized spacial score (nSPS) is 12.4. The van der Waals surface area contributed by atoms with Gasteiger partial charge in [-0.25, -0.2) is 0 Å². The van der Waals surface area contributed by atoms with Crippen LogP contribution in [0, 0.1) is 5.41 Å². The van der Waals surface area contributed by atoms with Gasteiger partial charge in [-0.2, -0.15) is 0 Å². The molecule has 6 rings (SSSR count). The highest BCUT2D eigenvalue weighted by Gasteiger charge is 2.17. The molecule has 0 amide bonds. The predicted octanol–water partition coefficient (Wildman–Crippen LogP) is 6.87. The molecule has 2 aliphatic carbocycles. The van der Waals surface area contributed by atoms with E-state index in [1.165, 1.54) is 38.4 Å². The Bertz CT molecular complexity index is 1390. The summed E-state index contributed by atoms with van der Waals surface area (Å²) in [7, 11) is 1.95. The van der Waals surface area contributed by atoms with E-state index in [1.54, 1.807) is 0 Å². The van der Waals surface area contributed by atoms with Crippen molar-refractivity contribution in [2.75, 3.05) is 17.3 Å². The van der Waals surface area contributed by atoms with Gasteiger partial charge in [-0.3, -0.25) is 5.41 Å². The molecule has 0 aliphatic heterocycles. The van der Waals surface area contributed by atoms with Gasteiger partial charge in [-0.05, 0) is 45.2 Å². The summed E-state index contributed by atoms with van der Waals surface area (Å²) in [6.07, 6.45) is 8.62. The van der Waals surface area contributed by atoms with Crippen LogP contribution in [-0.4, -0.2) is 13.0 Å². The number of halogens is 1. The molecule has 0 saturated heterocycles. The van der Waals surface area contributed by atoms with E-state index in [-0.39, 0.29) is 12.4 Å². The van der Waals surface area contributed by atoms with Gasteiger partial charge in [-0.1, -0.05) is 72.8 Å². The number of hydrogen-bond donors (Lipinski definition) is 2. The fourth-order valence-electron chi connectivity index (χ4n) is 4.56. The van der Waals surface area contributed by atoms with Crippen molar-refractivity contribution in [3.05, 3.63) is 82.9 Å². The van der Waals surface area contributed by atoms with E-state index < -0.39 is 0 Å². The van der Waals surface area contributed by atoms with Crippen molar-refractivity contribution >= 4 is 75.6 Å². The van der Waals surface area contributed by atoms with Crippen molar-refractivity contribution < 1.29 is 0 Å². The second-order valence-corrected chi connectivity index (χ2v) is 7.62. The van der Waals surface area contributed by atoms with Crippen LogP contribution in [0.25, 0.3) is 45.8 Å². The first-order chi connectivity index (χ1) is 14.2. The van der Waals surface area contributed by atoms with Crippen LogP contribution < -0.4 is 10.2 Å². The molecule has 3 nitrogen and oxygen atoms in total. The lowest BCUT2D eigenvalue weighted by Crippen LogP contribution is -2.32. The van der Waals surface area contributed by atoms with Crippen LogP contribution in [0.4, 0.5) is 11.4 Å². The summed E-state index contributed by atoms with van der Waals surface area (Å²) >= 11 is 0. The Morgan fingerprint density at radius 3 is 1.90 bits per heavy atom. The average molecular weight is 410 g/mol. The molecule has 2 N–H and O–H groups in total. The Morgan fingerprint density at radius 2 is 1.23 bits per heavy atom. The highest BCUT2D eigenvalue weighted by atomic mass is 35.5. The maximum absolute atomic E-state index is 8.75. The van der Waals surface area contributed by atoms with Crippen molar-refractivity contribution in [3.8, 4) is 0 Å². The zero-order chi connectivity index (χ0) is 19.5. The van der Waals surface area contributed by atoms with Gasteiger partial charge in [-0.15, -0.1) is 12.4 Å². The van der Waals surface area contributed by atoms with Gasteiger partial charge in [0.25, 0.3) is 0 Å². The van der Waals surface area contributed by atoms with Crippen LogP contribution in [0.15, 0.2) is 60.7 Å². The monoisotopic (exact) mass is 409 g/mol. The quantitative estimate of drug-likeness (QED) is 0.242. The van der Waals surface area contributed by atoms with Gasteiger partial charge in [0.05, 0.1) is 5.69 Å². The molecule has 0 bridgehead atoms. The summed E-state index contributed by atoms with van der Waals surface area (Å²) in [5, 5.41) is 16.9. The van der Waals surface area contributed by atoms with Crippen LogP contribution in [0.1, 0.15) is 22.3 Å². The molecule has 146 valence electrons. The molecule has 2 aliphatic rings. The molecule has 0 atom stereocenters. The molecule has 4 heteroatoms. The second-order valence-electron chi connectivity index (χ2n) is 7.62. The van der Waals surface area contributed by atoms with Crippen LogP contribution in [-0.2, 0) is 0 Å². The van der Waals surface area contributed by atoms with Crippen LogP contribution in [0.2, 0.25) is 0 Å². The molecule has 0 saturated carbocycles. The average Bonchev–Trinajstić information content (AvgIpc) is 3.37. The van der Waals surface area contributed by atoms with E-state index in [2.05, 4.69) is 90.3 Å². The van der Waals surface area contributed by atoms with Crippen molar-refractivity contribution in [2.45, 2.75) is 0 Å². The Morgan fingerprint density at radius 1 is 0.700 bits per heavy atom. The van der Waals surface area contributed by atoms with E-state index in [1.807, 2.05) is 11.9 Å². The zero-order valence-electron chi connectivity index (χ0n) is 16.4. The van der Waals surface area contributed by atoms with Crippen LogP contribution >= 0.6 is 12.4 Å². The first kappa shape index (κ1) is 18.5. The first-order valence-electron chi connectivity index (χ1n) is 9.78. The first-order valence-corrected chi connectivity index (χ1v) is 9.78. The van der Waals surface area contributed by atoms with E-state index in [9.17, 15) is 0 Å². The third-order valence-corrected chi connectivity index (χ3v) is 6.02. The maximum Gasteiger partial charge on any atom is 0.199 e. The standard InChI is InChI=1S/C26H19N3.ClH/c1-29(23-15-13-19-11-9-17-5-3-7-21(23)25(17)19)26(27)28-22-14-12-18-10-8-16-4-2-6-20(22)24(16)18;/h2-15H,1H3,(H2,27,28);1H. The van der Waals surface area contributed by atoms with E-state index >= 15 is 0 Å². The SMILES string of the molecule is CN(C(=N)Nc1ccc2c3c(cccc13)C=C2)c1ccc2c3c(cccc13)C=C2.Cl. The Balaban J connectivity index is 0.00000193. The molecule has 30 heavy (non-hydrogen) atoms. The number of guanidine groups is 1. The highest BCUT2D eigenvalue weighted by molar-refractivity contribution is 6.17. The lowest BCUT2D eigenvalue weighted by molar-refractivity contribution is 1.23. The molecular weight excluding hydrogens is 390 g/mol. The second kappa shape index (κ2) is 6.75. The van der Waals surface area contributed by atoms with Gasteiger partial charge >= 0.3 is 0 Å². The summed E-state index contributed by atoms with van der Waals surface area (Å²) in [6, 6.07) is 21.1. The third-order valence-electron chi connectivity index (χ3n) is 6.02. The van der Waals surface area contributed by atoms with Crippen molar-refractivity contribution in [1.82, 2.24) is 0 Å². The van der Waals surface area contributed by atoms with Crippen molar-refractivity contribution in [2.24, 2.45) is 0 Å². The highest BCUT2D eigenvalue weighted by Crippen LogP contribution is 2.38. The zero-order valence-corrected chi connectivity index (χ0v) is 17.3. The molecule has 0 unspecified atom stereocenters. The molecule has 0 aromatic heterocycles. The lowest BCUT2D eigenvalue weighted by Gasteiger charge is -2.24. The molecule has 0 radical (unpaired) electrons.